The summed E-state index contributed by atoms with van der Waals surface area (Å²) < 4.78 is 11.9. The van der Waals surface area contributed by atoms with Crippen molar-refractivity contribution in [2.45, 2.75) is 56.8 Å². The van der Waals surface area contributed by atoms with E-state index in [-0.39, 0.29) is 40.7 Å². The second-order valence-corrected chi connectivity index (χ2v) is 10.4. The Kier molecular flexibility index (Phi) is 4.88. The Morgan fingerprint density at radius 2 is 2.00 bits per heavy atom. The van der Waals surface area contributed by atoms with Crippen molar-refractivity contribution in [1.82, 2.24) is 4.90 Å². The molecule has 2 aliphatic carbocycles. The molecule has 2 heterocycles. The highest BCUT2D eigenvalue weighted by atomic mass is 16.6. The van der Waals surface area contributed by atoms with Crippen LogP contribution in [0.4, 0.5) is 0 Å². The van der Waals surface area contributed by atoms with Crippen molar-refractivity contribution < 1.29 is 24.5 Å². The number of aromatic hydroxyl groups is 1. The van der Waals surface area contributed by atoms with Crippen molar-refractivity contribution in [3.05, 3.63) is 29.8 Å². The van der Waals surface area contributed by atoms with E-state index in [2.05, 4.69) is 6.92 Å². The summed E-state index contributed by atoms with van der Waals surface area (Å²) in [5, 5.41) is 20.0. The summed E-state index contributed by atoms with van der Waals surface area (Å²) in [5.74, 6) is 0.717. The first-order valence-corrected chi connectivity index (χ1v) is 11.3. The predicted molar refractivity (Wildman–Crippen MR) is 111 cm³/mol. The van der Waals surface area contributed by atoms with Crippen LogP contribution in [0.25, 0.3) is 0 Å². The summed E-state index contributed by atoms with van der Waals surface area (Å²) in [7, 11) is 1.95. The van der Waals surface area contributed by atoms with Gasteiger partial charge in [0.25, 0.3) is 0 Å². The summed E-state index contributed by atoms with van der Waals surface area (Å²) in [6.45, 7) is 4.27. The standard InChI is InChI=1S/C24H33NO5/c1-23-8-3-9-24(14-29-24)21(23)10-17-18(22(28)30-20(17)11-23)12-25(2)13-19(27)15-4-6-16(26)7-5-15/h4-7,17-21,26-27H,3,8-14H2,1-2H3/t17-,18-,19+,20-,21-,23-,24-/m1/s1. The molecule has 0 radical (unpaired) electrons. The molecular formula is C24H33NO5. The lowest BCUT2D eigenvalue weighted by Crippen LogP contribution is -2.51. The lowest BCUT2D eigenvalue weighted by atomic mass is 9.53. The van der Waals surface area contributed by atoms with Crippen LogP contribution in [-0.2, 0) is 14.3 Å². The molecule has 2 saturated heterocycles. The average Bonchev–Trinajstić information content (AvgIpc) is 3.40. The Hall–Kier alpha value is -1.63. The Labute approximate surface area is 178 Å². The maximum Gasteiger partial charge on any atom is 0.310 e. The van der Waals surface area contributed by atoms with Gasteiger partial charge < -0.3 is 24.6 Å². The van der Waals surface area contributed by atoms with Crippen LogP contribution in [0.2, 0.25) is 0 Å². The van der Waals surface area contributed by atoms with Gasteiger partial charge in [-0.3, -0.25) is 4.79 Å². The van der Waals surface area contributed by atoms with E-state index >= 15 is 0 Å². The van der Waals surface area contributed by atoms with Crippen molar-refractivity contribution in [2.24, 2.45) is 23.2 Å². The minimum Gasteiger partial charge on any atom is -0.508 e. The van der Waals surface area contributed by atoms with Crippen molar-refractivity contribution in [2.75, 3.05) is 26.7 Å². The number of hydrogen-bond acceptors (Lipinski definition) is 6. The molecule has 2 aliphatic heterocycles. The number of phenolic OH excluding ortho intramolecular Hbond substituents is 1. The fourth-order valence-electron chi connectivity index (χ4n) is 6.67. The molecule has 4 aliphatic rings. The second kappa shape index (κ2) is 7.21. The number of aliphatic hydroxyl groups is 1. The highest BCUT2D eigenvalue weighted by molar-refractivity contribution is 5.75. The maximum atomic E-state index is 12.8. The van der Waals surface area contributed by atoms with Crippen LogP contribution in [0.3, 0.4) is 0 Å². The summed E-state index contributed by atoms with van der Waals surface area (Å²) in [6, 6.07) is 6.62. The van der Waals surface area contributed by atoms with Gasteiger partial charge in [-0.15, -0.1) is 0 Å². The molecule has 7 atom stereocenters. The Bertz CT molecular complexity index is 806. The van der Waals surface area contributed by atoms with Gasteiger partial charge in [-0.1, -0.05) is 19.1 Å². The number of esters is 1. The zero-order chi connectivity index (χ0) is 21.1. The van der Waals surface area contributed by atoms with Crippen LogP contribution in [0.15, 0.2) is 24.3 Å². The van der Waals surface area contributed by atoms with Crippen molar-refractivity contribution in [3.63, 3.8) is 0 Å². The Morgan fingerprint density at radius 3 is 2.70 bits per heavy atom. The molecule has 6 nitrogen and oxygen atoms in total. The molecule has 0 aromatic heterocycles. The number of carbonyl (C=O) groups excluding carboxylic acids is 1. The Balaban J connectivity index is 1.26. The smallest absolute Gasteiger partial charge is 0.310 e. The van der Waals surface area contributed by atoms with Gasteiger partial charge in [-0.25, -0.2) is 0 Å². The molecule has 5 rings (SSSR count). The molecule has 1 aromatic rings. The van der Waals surface area contributed by atoms with E-state index in [1.165, 1.54) is 12.8 Å². The lowest BCUT2D eigenvalue weighted by molar-refractivity contribution is -0.147. The topological polar surface area (TPSA) is 82.5 Å². The van der Waals surface area contributed by atoms with Crippen LogP contribution in [0.5, 0.6) is 5.75 Å². The first kappa shape index (κ1) is 20.3. The van der Waals surface area contributed by atoms with Crippen LogP contribution in [-0.4, -0.2) is 59.5 Å². The lowest BCUT2D eigenvalue weighted by Gasteiger charge is -2.51. The van der Waals surface area contributed by atoms with E-state index in [0.717, 1.165) is 31.4 Å². The number of rotatable bonds is 5. The minimum atomic E-state index is -0.667. The first-order chi connectivity index (χ1) is 14.3. The van der Waals surface area contributed by atoms with E-state index in [0.29, 0.717) is 19.0 Å². The summed E-state index contributed by atoms with van der Waals surface area (Å²) in [4.78, 5) is 14.8. The fraction of sp³-hybridized carbons (Fsp3) is 0.708. The number of phenols is 1. The van der Waals surface area contributed by atoms with Crippen LogP contribution < -0.4 is 0 Å². The minimum absolute atomic E-state index is 0.0214. The molecule has 1 aromatic carbocycles. The monoisotopic (exact) mass is 415 g/mol. The third-order valence-electron chi connectivity index (χ3n) is 8.35. The number of carbonyl (C=O) groups is 1. The van der Waals surface area contributed by atoms with Gasteiger partial charge in [0.15, 0.2) is 0 Å². The molecule has 1 spiro atoms. The van der Waals surface area contributed by atoms with Crippen LogP contribution >= 0.6 is 0 Å². The molecule has 0 unspecified atom stereocenters. The first-order valence-electron chi connectivity index (χ1n) is 11.3. The average molecular weight is 416 g/mol. The highest BCUT2D eigenvalue weighted by Crippen LogP contribution is 2.62. The van der Waals surface area contributed by atoms with Gasteiger partial charge in [0, 0.05) is 19.0 Å². The van der Waals surface area contributed by atoms with E-state index < -0.39 is 6.10 Å². The van der Waals surface area contributed by atoms with Gasteiger partial charge in [-0.2, -0.15) is 0 Å². The highest BCUT2D eigenvalue weighted by Gasteiger charge is 2.65. The number of ether oxygens (including phenoxy) is 2. The molecule has 4 fully saturated rings. The van der Waals surface area contributed by atoms with Crippen molar-refractivity contribution in [1.29, 1.82) is 0 Å². The maximum absolute atomic E-state index is 12.8. The fourth-order valence-corrected chi connectivity index (χ4v) is 6.67. The number of hydrogen-bond donors (Lipinski definition) is 2. The predicted octanol–water partition coefficient (Wildman–Crippen LogP) is 2.88. The second-order valence-electron chi connectivity index (χ2n) is 10.4. The molecule has 6 heteroatoms. The quantitative estimate of drug-likeness (QED) is 0.568. The number of likely N-dealkylation sites (N-methyl/N-ethyl adjacent to an activating group) is 1. The van der Waals surface area contributed by atoms with Crippen LogP contribution in [0.1, 0.15) is 50.7 Å². The zero-order valence-corrected chi connectivity index (χ0v) is 17.9. The van der Waals surface area contributed by atoms with Crippen LogP contribution in [0, 0.1) is 23.2 Å². The van der Waals surface area contributed by atoms with Gasteiger partial charge >= 0.3 is 5.97 Å². The number of benzene rings is 1. The van der Waals surface area contributed by atoms with Gasteiger partial charge in [0.2, 0.25) is 0 Å². The number of nitrogens with zero attached hydrogens (tertiary/aromatic N) is 1. The molecule has 0 bridgehead atoms. The number of fused-ring (bicyclic) bond motifs is 3. The summed E-state index contributed by atoms with van der Waals surface area (Å²) in [5.41, 5.74) is 1.04. The largest absolute Gasteiger partial charge is 0.508 e. The van der Waals surface area contributed by atoms with Gasteiger partial charge in [-0.05, 0) is 68.2 Å². The zero-order valence-electron chi connectivity index (χ0n) is 17.9. The third-order valence-corrected chi connectivity index (χ3v) is 8.35. The Morgan fingerprint density at radius 1 is 1.27 bits per heavy atom. The van der Waals surface area contributed by atoms with Gasteiger partial charge in [0.1, 0.15) is 11.9 Å². The van der Waals surface area contributed by atoms with Crippen molar-refractivity contribution >= 4 is 5.97 Å². The van der Waals surface area contributed by atoms with Gasteiger partial charge in [0.05, 0.1) is 24.2 Å². The van der Waals surface area contributed by atoms with E-state index in [4.69, 9.17) is 9.47 Å². The number of epoxide rings is 1. The normalized spacial score (nSPS) is 40.7. The summed E-state index contributed by atoms with van der Waals surface area (Å²) in [6.07, 6.45) is 4.88. The number of aliphatic hydroxyl groups excluding tert-OH is 1. The molecule has 30 heavy (non-hydrogen) atoms. The van der Waals surface area contributed by atoms with E-state index in [1.807, 2.05) is 11.9 Å². The summed E-state index contributed by atoms with van der Waals surface area (Å²) >= 11 is 0. The molecule has 2 saturated carbocycles. The third kappa shape index (κ3) is 3.43. The molecular weight excluding hydrogens is 382 g/mol. The molecule has 164 valence electrons. The van der Waals surface area contributed by atoms with Crippen molar-refractivity contribution in [3.8, 4) is 5.75 Å². The molecule has 2 N–H and O–H groups in total. The molecule has 0 amide bonds. The van der Waals surface area contributed by atoms with E-state index in [9.17, 15) is 15.0 Å². The SMILES string of the molecule is CN(C[C@H](O)c1ccc(O)cc1)C[C@H]1C(=O)O[C@@H]2C[C@@]3(C)CCC[C@@]4(CO4)[C@@H]3C[C@@H]21. The van der Waals surface area contributed by atoms with E-state index in [1.54, 1.807) is 24.3 Å².